The zero-order valence-electron chi connectivity index (χ0n) is 12.5. The van der Waals surface area contributed by atoms with Crippen molar-refractivity contribution >= 4 is 5.69 Å². The third-order valence-electron chi connectivity index (χ3n) is 4.36. The van der Waals surface area contributed by atoms with Crippen molar-refractivity contribution in [3.8, 4) is 6.07 Å². The Balaban J connectivity index is 2.16. The SMILES string of the molecule is CC1(C)CCC(Nc2ccc(C#N)c(C(F)(F)F)c2)CC1O. The summed E-state index contributed by atoms with van der Waals surface area (Å²) < 4.78 is 38.8. The lowest BCUT2D eigenvalue weighted by Crippen LogP contribution is -2.41. The number of halogens is 3. The van der Waals surface area contributed by atoms with Crippen LogP contribution in [0.3, 0.4) is 0 Å². The molecule has 2 atom stereocenters. The van der Waals surface area contributed by atoms with E-state index in [1.165, 1.54) is 12.1 Å². The van der Waals surface area contributed by atoms with Crippen molar-refractivity contribution in [3.05, 3.63) is 29.3 Å². The van der Waals surface area contributed by atoms with Crippen LogP contribution < -0.4 is 5.32 Å². The first kappa shape index (κ1) is 16.6. The highest BCUT2D eigenvalue weighted by atomic mass is 19.4. The molecule has 0 radical (unpaired) electrons. The largest absolute Gasteiger partial charge is 0.417 e. The summed E-state index contributed by atoms with van der Waals surface area (Å²) in [5.74, 6) is 0. The Kier molecular flexibility index (Phi) is 4.39. The van der Waals surface area contributed by atoms with Gasteiger partial charge in [0.15, 0.2) is 0 Å². The van der Waals surface area contributed by atoms with Gasteiger partial charge in [-0.15, -0.1) is 0 Å². The minimum atomic E-state index is -4.56. The summed E-state index contributed by atoms with van der Waals surface area (Å²) in [4.78, 5) is 0. The lowest BCUT2D eigenvalue weighted by molar-refractivity contribution is -0.137. The number of hydrogen-bond acceptors (Lipinski definition) is 3. The van der Waals surface area contributed by atoms with Crippen molar-refractivity contribution < 1.29 is 18.3 Å². The van der Waals surface area contributed by atoms with Crippen LogP contribution in [0.25, 0.3) is 0 Å². The molecule has 2 unspecified atom stereocenters. The summed E-state index contributed by atoms with van der Waals surface area (Å²) in [5.41, 5.74) is -1.16. The van der Waals surface area contributed by atoms with E-state index in [0.717, 1.165) is 18.9 Å². The van der Waals surface area contributed by atoms with Crippen LogP contribution >= 0.6 is 0 Å². The zero-order chi connectivity index (χ0) is 16.5. The predicted octanol–water partition coefficient (Wildman–Crippen LogP) is 3.93. The van der Waals surface area contributed by atoms with Crippen molar-refractivity contribution in [3.63, 3.8) is 0 Å². The van der Waals surface area contributed by atoms with Crippen molar-refractivity contribution in [1.82, 2.24) is 0 Å². The third-order valence-corrected chi connectivity index (χ3v) is 4.36. The Morgan fingerprint density at radius 1 is 1.36 bits per heavy atom. The molecule has 2 N–H and O–H groups in total. The maximum Gasteiger partial charge on any atom is 0.417 e. The smallest absolute Gasteiger partial charge is 0.392 e. The van der Waals surface area contributed by atoms with Crippen LogP contribution in [0.15, 0.2) is 18.2 Å². The van der Waals surface area contributed by atoms with E-state index >= 15 is 0 Å². The van der Waals surface area contributed by atoms with Crippen molar-refractivity contribution in [1.29, 1.82) is 5.26 Å². The van der Waals surface area contributed by atoms with Gasteiger partial charge in [0.05, 0.1) is 23.3 Å². The van der Waals surface area contributed by atoms with Gasteiger partial charge in [0, 0.05) is 11.7 Å². The Bertz CT molecular complexity index is 590. The number of nitriles is 1. The molecule has 0 amide bonds. The fourth-order valence-corrected chi connectivity index (χ4v) is 2.75. The molecule has 6 heteroatoms. The molecule has 0 aliphatic heterocycles. The summed E-state index contributed by atoms with van der Waals surface area (Å²) in [6, 6.07) is 5.10. The van der Waals surface area contributed by atoms with Gasteiger partial charge < -0.3 is 10.4 Å². The molecule has 0 aromatic heterocycles. The first-order valence-electron chi connectivity index (χ1n) is 7.19. The molecule has 1 aromatic carbocycles. The fraction of sp³-hybridized carbons (Fsp3) is 0.562. The molecule has 0 spiro atoms. The number of aliphatic hydroxyl groups is 1. The summed E-state index contributed by atoms with van der Waals surface area (Å²) in [6.07, 6.45) is -2.97. The Labute approximate surface area is 127 Å². The number of alkyl halides is 3. The molecule has 1 aliphatic carbocycles. The second kappa shape index (κ2) is 5.81. The van der Waals surface area contributed by atoms with Crippen molar-refractivity contribution in [2.45, 2.75) is 51.4 Å². The van der Waals surface area contributed by atoms with E-state index in [-0.39, 0.29) is 17.0 Å². The normalized spacial score (nSPS) is 24.6. The highest BCUT2D eigenvalue weighted by Gasteiger charge is 2.36. The van der Waals surface area contributed by atoms with E-state index in [4.69, 9.17) is 5.26 Å². The highest BCUT2D eigenvalue weighted by molar-refractivity contribution is 5.53. The van der Waals surface area contributed by atoms with Crippen LogP contribution in [-0.4, -0.2) is 17.3 Å². The number of anilines is 1. The Morgan fingerprint density at radius 3 is 2.59 bits per heavy atom. The molecule has 3 nitrogen and oxygen atoms in total. The predicted molar refractivity (Wildman–Crippen MR) is 77.2 cm³/mol. The lowest BCUT2D eigenvalue weighted by atomic mass is 9.73. The first-order chi connectivity index (χ1) is 10.1. The minimum Gasteiger partial charge on any atom is -0.392 e. The molecule has 0 saturated heterocycles. The van der Waals surface area contributed by atoms with Gasteiger partial charge in [-0.05, 0) is 42.9 Å². The molecule has 120 valence electrons. The summed E-state index contributed by atoms with van der Waals surface area (Å²) in [6.45, 7) is 3.97. The number of benzene rings is 1. The van der Waals surface area contributed by atoms with Crippen LogP contribution in [0.1, 0.15) is 44.2 Å². The lowest BCUT2D eigenvalue weighted by Gasteiger charge is -2.39. The zero-order valence-corrected chi connectivity index (χ0v) is 12.5. The van der Waals surface area contributed by atoms with Crippen molar-refractivity contribution in [2.75, 3.05) is 5.32 Å². The average molecular weight is 312 g/mol. The fourth-order valence-electron chi connectivity index (χ4n) is 2.75. The maximum absolute atomic E-state index is 12.9. The molecule has 2 rings (SSSR count). The van der Waals surface area contributed by atoms with Crippen LogP contribution in [0, 0.1) is 16.7 Å². The molecular weight excluding hydrogens is 293 g/mol. The quantitative estimate of drug-likeness (QED) is 0.870. The standard InChI is InChI=1S/C16H19F3N2O/c1-15(2)6-5-12(8-14(15)22)21-11-4-3-10(9-20)13(7-11)16(17,18)19/h3-4,7,12,14,21-22H,5-6,8H2,1-2H3. The van der Waals surface area contributed by atoms with Gasteiger partial charge in [-0.25, -0.2) is 0 Å². The Morgan fingerprint density at radius 2 is 2.05 bits per heavy atom. The average Bonchev–Trinajstić information content (AvgIpc) is 2.42. The van der Waals surface area contributed by atoms with Gasteiger partial charge in [-0.3, -0.25) is 0 Å². The van der Waals surface area contributed by atoms with Crippen LogP contribution in [0.4, 0.5) is 18.9 Å². The molecule has 1 aromatic rings. The first-order valence-corrected chi connectivity index (χ1v) is 7.19. The summed E-state index contributed by atoms with van der Waals surface area (Å²) in [7, 11) is 0. The molecule has 1 aliphatic rings. The Hall–Kier alpha value is -1.74. The molecule has 1 saturated carbocycles. The van der Waals surface area contributed by atoms with E-state index in [1.54, 1.807) is 6.07 Å². The monoisotopic (exact) mass is 312 g/mol. The maximum atomic E-state index is 12.9. The van der Waals surface area contributed by atoms with E-state index in [0.29, 0.717) is 12.1 Å². The van der Waals surface area contributed by atoms with E-state index in [1.807, 2.05) is 13.8 Å². The van der Waals surface area contributed by atoms with Crippen LogP contribution in [0.5, 0.6) is 0 Å². The molecule has 1 fully saturated rings. The van der Waals surface area contributed by atoms with Crippen LogP contribution in [-0.2, 0) is 6.18 Å². The molecular formula is C16H19F3N2O. The molecule has 0 heterocycles. The van der Waals surface area contributed by atoms with Gasteiger partial charge in [-0.2, -0.15) is 18.4 Å². The van der Waals surface area contributed by atoms with Gasteiger partial charge in [0.1, 0.15) is 0 Å². The minimum absolute atomic E-state index is 0.0722. The topological polar surface area (TPSA) is 56.0 Å². The molecule has 22 heavy (non-hydrogen) atoms. The van der Waals surface area contributed by atoms with Gasteiger partial charge in [0.25, 0.3) is 0 Å². The van der Waals surface area contributed by atoms with E-state index in [2.05, 4.69) is 5.32 Å². The summed E-state index contributed by atoms with van der Waals surface area (Å²) in [5, 5.41) is 21.9. The van der Waals surface area contributed by atoms with Gasteiger partial charge in [0.2, 0.25) is 0 Å². The number of nitrogens with zero attached hydrogens (tertiary/aromatic N) is 1. The number of hydrogen-bond donors (Lipinski definition) is 2. The number of aliphatic hydroxyl groups excluding tert-OH is 1. The second-order valence-corrected chi connectivity index (χ2v) is 6.49. The van der Waals surface area contributed by atoms with Crippen molar-refractivity contribution in [2.24, 2.45) is 5.41 Å². The second-order valence-electron chi connectivity index (χ2n) is 6.49. The summed E-state index contributed by atoms with van der Waals surface area (Å²) >= 11 is 0. The molecule has 0 bridgehead atoms. The number of nitrogens with one attached hydrogen (secondary N) is 1. The highest BCUT2D eigenvalue weighted by Crippen LogP contribution is 2.38. The van der Waals surface area contributed by atoms with Gasteiger partial charge >= 0.3 is 6.18 Å². The number of rotatable bonds is 2. The van der Waals surface area contributed by atoms with Gasteiger partial charge in [-0.1, -0.05) is 13.8 Å². The third kappa shape index (κ3) is 3.53. The van der Waals surface area contributed by atoms with E-state index in [9.17, 15) is 18.3 Å². The van der Waals surface area contributed by atoms with Crippen LogP contribution in [0.2, 0.25) is 0 Å². The van der Waals surface area contributed by atoms with E-state index < -0.39 is 17.8 Å².